The van der Waals surface area contributed by atoms with Gasteiger partial charge in [-0.15, -0.1) is 0 Å². The highest BCUT2D eigenvalue weighted by Crippen LogP contribution is 2.33. The Bertz CT molecular complexity index is 592. The number of carbonyl (C=O) groups excluding carboxylic acids is 2. The summed E-state index contributed by atoms with van der Waals surface area (Å²) in [6, 6.07) is 2.99. The van der Waals surface area contributed by atoms with Crippen LogP contribution in [-0.2, 0) is 9.59 Å². The van der Waals surface area contributed by atoms with Gasteiger partial charge in [-0.3, -0.25) is 9.59 Å². The average molecular weight is 364 g/mol. The van der Waals surface area contributed by atoms with Gasteiger partial charge in [0.2, 0.25) is 11.8 Å². The second-order valence-electron chi connectivity index (χ2n) is 5.33. The normalized spacial score (nSPS) is 17.9. The molecule has 0 radical (unpaired) electrons. The van der Waals surface area contributed by atoms with Crippen molar-refractivity contribution in [3.8, 4) is 0 Å². The van der Waals surface area contributed by atoms with E-state index < -0.39 is 0 Å². The predicted octanol–water partition coefficient (Wildman–Crippen LogP) is 4.23. The molecule has 1 aromatic rings. The largest absolute Gasteiger partial charge is 0.342 e. The van der Waals surface area contributed by atoms with E-state index in [1.165, 1.54) is 12.1 Å². The van der Waals surface area contributed by atoms with Crippen molar-refractivity contribution in [2.24, 2.45) is 5.92 Å². The van der Waals surface area contributed by atoms with Crippen LogP contribution in [0.4, 0.5) is 5.69 Å². The number of nitrogens with zero attached hydrogens (tertiary/aromatic N) is 1. The van der Waals surface area contributed by atoms with Crippen molar-refractivity contribution in [1.82, 2.24) is 4.90 Å². The van der Waals surface area contributed by atoms with Crippen LogP contribution in [0.25, 0.3) is 0 Å². The summed E-state index contributed by atoms with van der Waals surface area (Å²) < 4.78 is 0. The molecule has 1 aliphatic rings. The van der Waals surface area contributed by atoms with E-state index in [-0.39, 0.29) is 24.2 Å². The molecule has 22 heavy (non-hydrogen) atoms. The zero-order valence-electron chi connectivity index (χ0n) is 12.2. The van der Waals surface area contributed by atoms with Crippen LogP contribution in [-0.4, -0.2) is 29.8 Å². The molecule has 0 saturated carbocycles. The van der Waals surface area contributed by atoms with Crippen LogP contribution in [0.1, 0.15) is 26.2 Å². The van der Waals surface area contributed by atoms with Crippen molar-refractivity contribution in [2.75, 3.05) is 18.4 Å². The number of hydrogen-bond acceptors (Lipinski definition) is 2. The van der Waals surface area contributed by atoms with Crippen LogP contribution in [0.15, 0.2) is 12.1 Å². The molecule has 0 bridgehead atoms. The van der Waals surface area contributed by atoms with Gasteiger partial charge in [0.15, 0.2) is 0 Å². The van der Waals surface area contributed by atoms with Crippen LogP contribution in [0, 0.1) is 5.92 Å². The van der Waals surface area contributed by atoms with Gasteiger partial charge in [0.05, 0.1) is 26.7 Å². The minimum absolute atomic E-state index is 0.0221. The number of amides is 2. The molecule has 2 rings (SSSR count). The fourth-order valence-corrected chi connectivity index (χ4v) is 2.96. The maximum Gasteiger partial charge on any atom is 0.229 e. The summed E-state index contributed by atoms with van der Waals surface area (Å²) in [4.78, 5) is 25.9. The Labute approximate surface area is 144 Å². The standard InChI is InChI=1S/C15H17Cl3N2O2/c1-2-3-4-20-8-9(5-14(20)21)15(22)19-13-7-11(17)10(16)6-12(13)18/h6-7,9H,2-5,8H2,1H3,(H,19,22). The summed E-state index contributed by atoms with van der Waals surface area (Å²) >= 11 is 17.8. The first-order valence-electron chi connectivity index (χ1n) is 7.15. The van der Waals surface area contributed by atoms with Crippen molar-refractivity contribution in [3.05, 3.63) is 27.2 Å². The van der Waals surface area contributed by atoms with Crippen molar-refractivity contribution in [1.29, 1.82) is 0 Å². The Morgan fingerprint density at radius 3 is 2.64 bits per heavy atom. The lowest BCUT2D eigenvalue weighted by molar-refractivity contribution is -0.128. The van der Waals surface area contributed by atoms with Gasteiger partial charge in [0.1, 0.15) is 0 Å². The number of hydrogen-bond donors (Lipinski definition) is 1. The van der Waals surface area contributed by atoms with Crippen LogP contribution in [0.2, 0.25) is 15.1 Å². The summed E-state index contributed by atoms with van der Waals surface area (Å²) in [5.41, 5.74) is 0.403. The highest BCUT2D eigenvalue weighted by Gasteiger charge is 2.34. The minimum Gasteiger partial charge on any atom is -0.342 e. The van der Waals surface area contributed by atoms with Gasteiger partial charge in [-0.2, -0.15) is 0 Å². The van der Waals surface area contributed by atoms with Crippen LogP contribution in [0.5, 0.6) is 0 Å². The molecule has 0 aromatic heterocycles. The van der Waals surface area contributed by atoms with Gasteiger partial charge < -0.3 is 10.2 Å². The first-order chi connectivity index (χ1) is 10.4. The van der Waals surface area contributed by atoms with E-state index in [0.29, 0.717) is 33.8 Å². The SMILES string of the molecule is CCCCN1CC(C(=O)Nc2cc(Cl)c(Cl)cc2Cl)CC1=O. The molecular weight excluding hydrogens is 347 g/mol. The van der Waals surface area contributed by atoms with E-state index in [1.54, 1.807) is 4.90 Å². The molecular formula is C15H17Cl3N2O2. The fraction of sp³-hybridized carbons (Fsp3) is 0.467. The molecule has 1 aromatic carbocycles. The second kappa shape index (κ2) is 7.53. The monoisotopic (exact) mass is 362 g/mol. The van der Waals surface area contributed by atoms with Crippen molar-refractivity contribution in [3.63, 3.8) is 0 Å². The van der Waals surface area contributed by atoms with Gasteiger partial charge in [0.25, 0.3) is 0 Å². The zero-order valence-corrected chi connectivity index (χ0v) is 14.4. The first kappa shape index (κ1) is 17.4. The van der Waals surface area contributed by atoms with E-state index in [2.05, 4.69) is 12.2 Å². The lowest BCUT2D eigenvalue weighted by Gasteiger charge is -2.16. The van der Waals surface area contributed by atoms with Gasteiger partial charge in [-0.25, -0.2) is 0 Å². The Hall–Kier alpha value is -0.970. The Balaban J connectivity index is 2.01. The minimum atomic E-state index is -0.366. The van der Waals surface area contributed by atoms with E-state index >= 15 is 0 Å². The molecule has 1 unspecified atom stereocenters. The molecule has 1 saturated heterocycles. The maximum atomic E-state index is 12.3. The number of nitrogens with one attached hydrogen (secondary N) is 1. The van der Waals surface area contributed by atoms with E-state index in [0.717, 1.165) is 12.8 Å². The molecule has 1 atom stereocenters. The number of anilines is 1. The number of benzene rings is 1. The first-order valence-corrected chi connectivity index (χ1v) is 8.29. The van der Waals surface area contributed by atoms with E-state index in [4.69, 9.17) is 34.8 Å². The zero-order chi connectivity index (χ0) is 16.3. The molecule has 1 N–H and O–H groups in total. The van der Waals surface area contributed by atoms with Crippen LogP contribution in [0.3, 0.4) is 0 Å². The molecule has 2 amide bonds. The molecule has 7 heteroatoms. The Morgan fingerprint density at radius 1 is 1.27 bits per heavy atom. The average Bonchev–Trinajstić information content (AvgIpc) is 2.84. The summed E-state index contributed by atoms with van der Waals surface area (Å²) in [5.74, 6) is -0.573. The molecule has 0 aliphatic carbocycles. The topological polar surface area (TPSA) is 49.4 Å². The van der Waals surface area contributed by atoms with Crippen molar-refractivity contribution in [2.45, 2.75) is 26.2 Å². The van der Waals surface area contributed by atoms with Gasteiger partial charge in [-0.05, 0) is 18.6 Å². The lowest BCUT2D eigenvalue weighted by Crippen LogP contribution is -2.29. The van der Waals surface area contributed by atoms with Crippen LogP contribution >= 0.6 is 34.8 Å². The van der Waals surface area contributed by atoms with Gasteiger partial charge in [0, 0.05) is 19.5 Å². The summed E-state index contributed by atoms with van der Waals surface area (Å²) in [6.45, 7) is 3.22. The van der Waals surface area contributed by atoms with Crippen LogP contribution < -0.4 is 5.32 Å². The number of likely N-dealkylation sites (tertiary alicyclic amines) is 1. The van der Waals surface area contributed by atoms with Crippen molar-refractivity contribution < 1.29 is 9.59 Å². The Morgan fingerprint density at radius 2 is 1.95 bits per heavy atom. The highest BCUT2D eigenvalue weighted by molar-refractivity contribution is 6.44. The molecule has 1 aliphatic heterocycles. The molecule has 120 valence electrons. The van der Waals surface area contributed by atoms with E-state index in [1.807, 2.05) is 0 Å². The quantitative estimate of drug-likeness (QED) is 0.796. The smallest absolute Gasteiger partial charge is 0.229 e. The number of carbonyl (C=O) groups is 2. The maximum absolute atomic E-state index is 12.3. The second-order valence-corrected chi connectivity index (χ2v) is 6.55. The molecule has 4 nitrogen and oxygen atoms in total. The van der Waals surface area contributed by atoms with E-state index in [9.17, 15) is 9.59 Å². The Kier molecular flexibility index (Phi) is 5.95. The third kappa shape index (κ3) is 4.06. The number of halogens is 3. The lowest BCUT2D eigenvalue weighted by atomic mass is 10.1. The summed E-state index contributed by atoms with van der Waals surface area (Å²) in [6.07, 6.45) is 2.19. The third-order valence-electron chi connectivity index (χ3n) is 3.63. The van der Waals surface area contributed by atoms with Gasteiger partial charge >= 0.3 is 0 Å². The highest BCUT2D eigenvalue weighted by atomic mass is 35.5. The molecule has 1 heterocycles. The molecule has 1 fully saturated rings. The predicted molar refractivity (Wildman–Crippen MR) is 89.7 cm³/mol. The summed E-state index contributed by atoms with van der Waals surface area (Å²) in [5, 5.41) is 3.68. The number of unbranched alkanes of at least 4 members (excludes halogenated alkanes) is 1. The summed E-state index contributed by atoms with van der Waals surface area (Å²) in [7, 11) is 0. The van der Waals surface area contributed by atoms with Crippen molar-refractivity contribution >= 4 is 52.3 Å². The molecule has 0 spiro atoms. The fourth-order valence-electron chi connectivity index (χ4n) is 2.37. The number of rotatable bonds is 5. The van der Waals surface area contributed by atoms with Gasteiger partial charge in [-0.1, -0.05) is 48.1 Å². The third-order valence-corrected chi connectivity index (χ3v) is 4.67.